The number of nitrogens with one attached hydrogen (secondary N) is 2. The standard InChI is InChI=1S/C22H23FN4O2S/c1-14-8-9-19(30-14)22(29)25-13-20(28)27-10-3-2-7-18(27)21-24-12-17(26-21)15-5-4-6-16(23)11-15/h4-6,8-9,11-12,18H,2-3,7,10,13H2,1H3,(H,24,26)(H,25,29)/t18-/m1/s1. The molecule has 2 aromatic heterocycles. The van der Waals surface area contributed by atoms with Crippen LogP contribution in [0.25, 0.3) is 11.3 Å². The number of aryl methyl sites for hydroxylation is 1. The first kappa shape index (κ1) is 20.3. The molecule has 3 aromatic rings. The van der Waals surface area contributed by atoms with Gasteiger partial charge in [-0.3, -0.25) is 9.59 Å². The Bertz CT molecular complexity index is 1060. The summed E-state index contributed by atoms with van der Waals surface area (Å²) in [7, 11) is 0. The number of carbonyl (C=O) groups is 2. The van der Waals surface area contributed by atoms with Gasteiger partial charge in [0.2, 0.25) is 5.91 Å². The Balaban J connectivity index is 1.45. The van der Waals surface area contributed by atoms with E-state index in [9.17, 15) is 14.0 Å². The molecule has 1 saturated heterocycles. The average Bonchev–Trinajstić information content (AvgIpc) is 3.41. The van der Waals surface area contributed by atoms with Crippen LogP contribution in [0.5, 0.6) is 0 Å². The molecule has 4 rings (SSSR count). The molecule has 1 atom stereocenters. The maximum absolute atomic E-state index is 13.5. The molecule has 0 saturated carbocycles. The Labute approximate surface area is 178 Å². The molecule has 0 spiro atoms. The molecule has 1 fully saturated rings. The third kappa shape index (κ3) is 4.43. The van der Waals surface area contributed by atoms with Crippen molar-refractivity contribution in [2.75, 3.05) is 13.1 Å². The highest BCUT2D eigenvalue weighted by atomic mass is 32.1. The number of hydrogen-bond donors (Lipinski definition) is 2. The molecule has 0 unspecified atom stereocenters. The fraction of sp³-hybridized carbons (Fsp3) is 0.318. The van der Waals surface area contributed by atoms with Gasteiger partial charge in [0.15, 0.2) is 0 Å². The van der Waals surface area contributed by atoms with Gasteiger partial charge >= 0.3 is 0 Å². The number of halogens is 1. The maximum atomic E-state index is 13.5. The molecule has 0 aliphatic carbocycles. The van der Waals surface area contributed by atoms with Crippen LogP contribution in [0.4, 0.5) is 4.39 Å². The Morgan fingerprint density at radius 1 is 1.30 bits per heavy atom. The van der Waals surface area contributed by atoms with Crippen LogP contribution in [-0.4, -0.2) is 39.8 Å². The van der Waals surface area contributed by atoms with E-state index in [1.807, 2.05) is 19.1 Å². The molecule has 1 aromatic carbocycles. The molecule has 1 aliphatic heterocycles. The zero-order chi connectivity index (χ0) is 21.1. The van der Waals surface area contributed by atoms with Crippen molar-refractivity contribution in [3.63, 3.8) is 0 Å². The van der Waals surface area contributed by atoms with E-state index in [0.717, 1.165) is 24.1 Å². The molecule has 2 N–H and O–H groups in total. The summed E-state index contributed by atoms with van der Waals surface area (Å²) < 4.78 is 13.5. The minimum Gasteiger partial charge on any atom is -0.342 e. The lowest BCUT2D eigenvalue weighted by molar-refractivity contribution is -0.134. The summed E-state index contributed by atoms with van der Waals surface area (Å²) in [4.78, 5) is 36.3. The van der Waals surface area contributed by atoms with Gasteiger partial charge in [-0.2, -0.15) is 0 Å². The topological polar surface area (TPSA) is 78.1 Å². The number of amides is 2. The molecule has 30 heavy (non-hydrogen) atoms. The first-order valence-corrected chi connectivity index (χ1v) is 10.8. The third-order valence-electron chi connectivity index (χ3n) is 5.23. The molecular weight excluding hydrogens is 403 g/mol. The van der Waals surface area contributed by atoms with Crippen LogP contribution < -0.4 is 5.32 Å². The lowest BCUT2D eigenvalue weighted by atomic mass is 10.0. The van der Waals surface area contributed by atoms with E-state index >= 15 is 0 Å². The highest BCUT2D eigenvalue weighted by Crippen LogP contribution is 2.30. The summed E-state index contributed by atoms with van der Waals surface area (Å²) in [5.74, 6) is 0.00347. The predicted octanol–water partition coefficient (Wildman–Crippen LogP) is 4.07. The summed E-state index contributed by atoms with van der Waals surface area (Å²) >= 11 is 1.40. The lowest BCUT2D eigenvalue weighted by Crippen LogP contribution is -2.44. The fourth-order valence-electron chi connectivity index (χ4n) is 3.72. The Hall–Kier alpha value is -3.00. The van der Waals surface area contributed by atoms with Crippen molar-refractivity contribution in [1.29, 1.82) is 0 Å². The van der Waals surface area contributed by atoms with E-state index in [1.54, 1.807) is 23.2 Å². The molecule has 6 nitrogen and oxygen atoms in total. The third-order valence-corrected chi connectivity index (χ3v) is 6.23. The minimum absolute atomic E-state index is 0.0518. The minimum atomic E-state index is -0.310. The maximum Gasteiger partial charge on any atom is 0.261 e. The van der Waals surface area contributed by atoms with Gasteiger partial charge < -0.3 is 15.2 Å². The number of piperidine rings is 1. The van der Waals surface area contributed by atoms with Gasteiger partial charge in [0.1, 0.15) is 11.6 Å². The van der Waals surface area contributed by atoms with Crippen molar-refractivity contribution in [1.82, 2.24) is 20.2 Å². The molecule has 3 heterocycles. The number of hydrogen-bond acceptors (Lipinski definition) is 4. The molecule has 8 heteroatoms. The Kier molecular flexibility index (Phi) is 5.94. The predicted molar refractivity (Wildman–Crippen MR) is 114 cm³/mol. The van der Waals surface area contributed by atoms with Crippen molar-refractivity contribution >= 4 is 23.2 Å². The number of rotatable bonds is 5. The van der Waals surface area contributed by atoms with Gasteiger partial charge in [-0.1, -0.05) is 12.1 Å². The number of likely N-dealkylation sites (tertiary alicyclic amines) is 1. The number of H-pyrrole nitrogens is 1. The number of nitrogens with zero attached hydrogens (tertiary/aromatic N) is 2. The Morgan fingerprint density at radius 2 is 2.17 bits per heavy atom. The van der Waals surface area contributed by atoms with E-state index in [2.05, 4.69) is 15.3 Å². The van der Waals surface area contributed by atoms with Crippen molar-refractivity contribution < 1.29 is 14.0 Å². The van der Waals surface area contributed by atoms with E-state index < -0.39 is 0 Å². The van der Waals surface area contributed by atoms with Crippen molar-refractivity contribution in [2.45, 2.75) is 32.2 Å². The molecule has 0 bridgehead atoms. The summed E-state index contributed by atoms with van der Waals surface area (Å²) in [6.45, 7) is 2.50. The highest BCUT2D eigenvalue weighted by Gasteiger charge is 2.30. The van der Waals surface area contributed by atoms with Crippen LogP contribution in [-0.2, 0) is 4.79 Å². The first-order chi connectivity index (χ1) is 14.5. The second-order valence-corrected chi connectivity index (χ2v) is 8.67. The van der Waals surface area contributed by atoms with E-state index in [-0.39, 0.29) is 30.2 Å². The van der Waals surface area contributed by atoms with E-state index in [4.69, 9.17) is 0 Å². The molecular formula is C22H23FN4O2S. The summed E-state index contributed by atoms with van der Waals surface area (Å²) in [5, 5.41) is 2.73. The number of aromatic amines is 1. The van der Waals surface area contributed by atoms with Gasteiger partial charge in [-0.15, -0.1) is 11.3 Å². The lowest BCUT2D eigenvalue weighted by Gasteiger charge is -2.34. The summed E-state index contributed by atoms with van der Waals surface area (Å²) in [6, 6.07) is 9.77. The normalized spacial score (nSPS) is 16.5. The van der Waals surface area contributed by atoms with E-state index in [0.29, 0.717) is 28.5 Å². The van der Waals surface area contributed by atoms with Gasteiger partial charge in [0.05, 0.1) is 29.4 Å². The SMILES string of the molecule is Cc1ccc(C(=O)NCC(=O)N2CCCC[C@@H]2c2ncc(-c3cccc(F)c3)[nH]2)s1. The van der Waals surface area contributed by atoms with Crippen molar-refractivity contribution in [3.05, 3.63) is 64.0 Å². The fourth-order valence-corrected chi connectivity index (χ4v) is 4.51. The van der Waals surface area contributed by atoms with Crippen LogP contribution >= 0.6 is 11.3 Å². The molecule has 2 amide bonds. The quantitative estimate of drug-likeness (QED) is 0.646. The van der Waals surface area contributed by atoms with Gasteiger partial charge in [0, 0.05) is 17.0 Å². The Morgan fingerprint density at radius 3 is 2.93 bits per heavy atom. The zero-order valence-electron chi connectivity index (χ0n) is 16.7. The van der Waals surface area contributed by atoms with Gasteiger partial charge in [-0.25, -0.2) is 9.37 Å². The van der Waals surface area contributed by atoms with Crippen molar-refractivity contribution in [3.8, 4) is 11.3 Å². The highest BCUT2D eigenvalue weighted by molar-refractivity contribution is 7.13. The molecule has 0 radical (unpaired) electrons. The first-order valence-electron chi connectivity index (χ1n) is 9.96. The second kappa shape index (κ2) is 8.79. The van der Waals surface area contributed by atoms with Crippen LogP contribution in [0.3, 0.4) is 0 Å². The average molecular weight is 427 g/mol. The van der Waals surface area contributed by atoms with E-state index in [1.165, 1.54) is 23.5 Å². The smallest absolute Gasteiger partial charge is 0.261 e. The van der Waals surface area contributed by atoms with Crippen LogP contribution in [0, 0.1) is 12.7 Å². The van der Waals surface area contributed by atoms with Gasteiger partial charge in [-0.05, 0) is 50.5 Å². The van der Waals surface area contributed by atoms with Crippen LogP contribution in [0.2, 0.25) is 0 Å². The number of imidazole rings is 1. The monoisotopic (exact) mass is 426 g/mol. The van der Waals surface area contributed by atoms with Gasteiger partial charge in [0.25, 0.3) is 5.91 Å². The molecule has 1 aliphatic rings. The summed E-state index contributed by atoms with van der Waals surface area (Å²) in [5.41, 5.74) is 1.42. The largest absolute Gasteiger partial charge is 0.342 e. The number of aromatic nitrogens is 2. The number of thiophene rings is 1. The van der Waals surface area contributed by atoms with Crippen LogP contribution in [0.1, 0.15) is 45.7 Å². The van der Waals surface area contributed by atoms with Crippen molar-refractivity contribution in [2.24, 2.45) is 0 Å². The number of carbonyl (C=O) groups excluding carboxylic acids is 2. The zero-order valence-corrected chi connectivity index (χ0v) is 17.5. The summed E-state index contributed by atoms with van der Waals surface area (Å²) in [6.07, 6.45) is 4.37. The number of benzene rings is 1. The second-order valence-electron chi connectivity index (χ2n) is 7.38. The van der Waals surface area contributed by atoms with Crippen LogP contribution in [0.15, 0.2) is 42.6 Å². The molecule has 156 valence electrons.